The molecule has 0 aliphatic carbocycles. The molecule has 1 N–H and O–H groups in total. The summed E-state index contributed by atoms with van der Waals surface area (Å²) in [6, 6.07) is 13.1. The smallest absolute Gasteiger partial charge is 0.173 e. The van der Waals surface area contributed by atoms with Gasteiger partial charge in [0.1, 0.15) is 0 Å². The van der Waals surface area contributed by atoms with Gasteiger partial charge < -0.3 is 5.32 Å². The molecule has 0 aliphatic heterocycles. The average molecular weight is 354 g/mol. The number of rotatable bonds is 6. The van der Waals surface area contributed by atoms with Crippen molar-refractivity contribution in [1.82, 2.24) is 5.32 Å². The van der Waals surface area contributed by atoms with Crippen LogP contribution in [0.4, 0.5) is 8.78 Å². The van der Waals surface area contributed by atoms with Crippen molar-refractivity contribution in [2.45, 2.75) is 25.3 Å². The van der Waals surface area contributed by atoms with E-state index in [9.17, 15) is 8.78 Å². The first-order valence-electron chi connectivity index (χ1n) is 6.98. The molecule has 0 saturated heterocycles. The van der Waals surface area contributed by atoms with E-state index < -0.39 is 11.6 Å². The molecule has 0 aliphatic rings. The zero-order chi connectivity index (χ0) is 15.2. The summed E-state index contributed by atoms with van der Waals surface area (Å²) in [7, 11) is 1.83. The zero-order valence-corrected chi connectivity index (χ0v) is 13.5. The number of benzene rings is 2. The Morgan fingerprint density at radius 1 is 1.10 bits per heavy atom. The Labute approximate surface area is 132 Å². The SMILES string of the molecule is CNC(CCCc1ccccc1)c1ccc(F)c(F)c1Br. The molecule has 2 aromatic carbocycles. The van der Waals surface area contributed by atoms with Gasteiger partial charge in [0.05, 0.1) is 4.47 Å². The van der Waals surface area contributed by atoms with E-state index in [4.69, 9.17) is 0 Å². The van der Waals surface area contributed by atoms with E-state index in [1.807, 2.05) is 25.2 Å². The monoisotopic (exact) mass is 353 g/mol. The van der Waals surface area contributed by atoms with Crippen LogP contribution >= 0.6 is 15.9 Å². The predicted molar refractivity (Wildman–Crippen MR) is 85.2 cm³/mol. The molecule has 2 rings (SSSR count). The van der Waals surface area contributed by atoms with Gasteiger partial charge in [0, 0.05) is 6.04 Å². The summed E-state index contributed by atoms with van der Waals surface area (Å²) in [6.07, 6.45) is 2.80. The predicted octanol–water partition coefficient (Wildman–Crippen LogP) is 5.01. The lowest BCUT2D eigenvalue weighted by Crippen LogP contribution is -2.17. The summed E-state index contributed by atoms with van der Waals surface area (Å²) in [6.45, 7) is 0. The third-order valence-electron chi connectivity index (χ3n) is 3.59. The number of aryl methyl sites for hydroxylation is 1. The maximum absolute atomic E-state index is 13.6. The van der Waals surface area contributed by atoms with Gasteiger partial charge in [-0.3, -0.25) is 0 Å². The Morgan fingerprint density at radius 2 is 1.81 bits per heavy atom. The molecule has 0 saturated carbocycles. The van der Waals surface area contributed by atoms with Gasteiger partial charge in [-0.15, -0.1) is 0 Å². The maximum Gasteiger partial charge on any atom is 0.173 e. The Morgan fingerprint density at radius 3 is 2.48 bits per heavy atom. The molecule has 1 atom stereocenters. The van der Waals surface area contributed by atoms with Crippen LogP contribution in [0.25, 0.3) is 0 Å². The summed E-state index contributed by atoms with van der Waals surface area (Å²) in [5.41, 5.74) is 2.04. The van der Waals surface area contributed by atoms with Crippen LogP contribution in [0.3, 0.4) is 0 Å². The number of halogens is 3. The molecule has 0 fully saturated rings. The molecule has 0 heterocycles. The summed E-state index contributed by atoms with van der Waals surface area (Å²) in [5.74, 6) is -1.65. The third-order valence-corrected chi connectivity index (χ3v) is 4.40. The highest BCUT2D eigenvalue weighted by molar-refractivity contribution is 9.10. The standard InChI is InChI=1S/C17H18BrF2N/c1-21-15(9-5-8-12-6-3-2-4-7-12)13-10-11-14(19)17(20)16(13)18/h2-4,6-7,10-11,15,21H,5,8-9H2,1H3. The van der Waals surface area contributed by atoms with Crippen LogP contribution in [0.1, 0.15) is 30.0 Å². The van der Waals surface area contributed by atoms with Crippen LogP contribution in [0, 0.1) is 11.6 Å². The Kier molecular flexibility index (Phi) is 5.88. The molecule has 0 bridgehead atoms. The summed E-state index contributed by atoms with van der Waals surface area (Å²) < 4.78 is 27.0. The van der Waals surface area contributed by atoms with Crippen molar-refractivity contribution in [3.8, 4) is 0 Å². The van der Waals surface area contributed by atoms with Crippen molar-refractivity contribution >= 4 is 15.9 Å². The lowest BCUT2D eigenvalue weighted by Gasteiger charge is -2.18. The number of hydrogen-bond donors (Lipinski definition) is 1. The molecular weight excluding hydrogens is 336 g/mol. The van der Waals surface area contributed by atoms with E-state index in [2.05, 4.69) is 33.4 Å². The summed E-state index contributed by atoms with van der Waals surface area (Å²) >= 11 is 3.15. The Bertz CT molecular complexity index is 587. The minimum Gasteiger partial charge on any atom is -0.313 e. The van der Waals surface area contributed by atoms with Crippen LogP contribution in [0.15, 0.2) is 46.9 Å². The van der Waals surface area contributed by atoms with E-state index in [1.54, 1.807) is 6.07 Å². The molecule has 0 amide bonds. The molecule has 2 aromatic rings. The topological polar surface area (TPSA) is 12.0 Å². The van der Waals surface area contributed by atoms with Crippen LogP contribution in [0.2, 0.25) is 0 Å². The molecule has 4 heteroatoms. The molecule has 0 spiro atoms. The van der Waals surface area contributed by atoms with Crippen LogP contribution in [-0.2, 0) is 6.42 Å². The minimum atomic E-state index is -0.829. The van der Waals surface area contributed by atoms with E-state index in [0.29, 0.717) is 0 Å². The maximum atomic E-state index is 13.6. The third kappa shape index (κ3) is 4.11. The van der Waals surface area contributed by atoms with Gasteiger partial charge in [-0.25, -0.2) is 8.78 Å². The van der Waals surface area contributed by atoms with Crippen LogP contribution < -0.4 is 5.32 Å². The first kappa shape index (κ1) is 16.1. The van der Waals surface area contributed by atoms with Crippen LogP contribution in [0.5, 0.6) is 0 Å². The van der Waals surface area contributed by atoms with E-state index in [0.717, 1.165) is 24.8 Å². The van der Waals surface area contributed by atoms with Gasteiger partial charge in [-0.1, -0.05) is 36.4 Å². The molecular formula is C17H18BrF2N. The lowest BCUT2D eigenvalue weighted by molar-refractivity contribution is 0.486. The average Bonchev–Trinajstić information content (AvgIpc) is 2.51. The van der Waals surface area contributed by atoms with Crippen molar-refractivity contribution in [1.29, 1.82) is 0 Å². The van der Waals surface area contributed by atoms with Crippen molar-refractivity contribution in [3.05, 3.63) is 69.7 Å². The van der Waals surface area contributed by atoms with E-state index in [-0.39, 0.29) is 10.5 Å². The first-order valence-corrected chi connectivity index (χ1v) is 7.77. The van der Waals surface area contributed by atoms with E-state index >= 15 is 0 Å². The van der Waals surface area contributed by atoms with Gasteiger partial charge in [0.2, 0.25) is 0 Å². The van der Waals surface area contributed by atoms with Gasteiger partial charge >= 0.3 is 0 Å². The highest BCUT2D eigenvalue weighted by atomic mass is 79.9. The molecule has 21 heavy (non-hydrogen) atoms. The molecule has 0 radical (unpaired) electrons. The second kappa shape index (κ2) is 7.66. The van der Waals surface area contributed by atoms with Gasteiger partial charge in [0.15, 0.2) is 11.6 Å². The second-order valence-electron chi connectivity index (χ2n) is 4.98. The lowest BCUT2D eigenvalue weighted by atomic mass is 9.99. The normalized spacial score (nSPS) is 12.4. The Hall–Kier alpha value is -1.26. The number of hydrogen-bond acceptors (Lipinski definition) is 1. The van der Waals surface area contributed by atoms with Gasteiger partial charge in [-0.2, -0.15) is 0 Å². The van der Waals surface area contributed by atoms with Crippen molar-refractivity contribution in [2.75, 3.05) is 7.05 Å². The van der Waals surface area contributed by atoms with Crippen molar-refractivity contribution in [3.63, 3.8) is 0 Å². The highest BCUT2D eigenvalue weighted by Gasteiger charge is 2.17. The highest BCUT2D eigenvalue weighted by Crippen LogP contribution is 2.30. The molecule has 1 nitrogen and oxygen atoms in total. The molecule has 0 aromatic heterocycles. The fourth-order valence-electron chi connectivity index (χ4n) is 2.42. The fourth-order valence-corrected chi connectivity index (χ4v) is 3.02. The summed E-state index contributed by atoms with van der Waals surface area (Å²) in [5, 5.41) is 3.17. The zero-order valence-electron chi connectivity index (χ0n) is 11.9. The first-order chi connectivity index (χ1) is 10.1. The van der Waals surface area contributed by atoms with Crippen LogP contribution in [-0.4, -0.2) is 7.05 Å². The Balaban J connectivity index is 2.02. The number of nitrogens with one attached hydrogen (secondary N) is 1. The van der Waals surface area contributed by atoms with E-state index in [1.165, 1.54) is 11.6 Å². The summed E-state index contributed by atoms with van der Waals surface area (Å²) in [4.78, 5) is 0. The van der Waals surface area contributed by atoms with Gasteiger partial charge in [0.25, 0.3) is 0 Å². The molecule has 1 unspecified atom stereocenters. The van der Waals surface area contributed by atoms with Crippen molar-refractivity contribution < 1.29 is 8.78 Å². The molecule has 112 valence electrons. The quantitative estimate of drug-likeness (QED) is 0.719. The van der Waals surface area contributed by atoms with Gasteiger partial charge in [-0.05, 0) is 59.4 Å². The second-order valence-corrected chi connectivity index (χ2v) is 5.78. The fraction of sp³-hybridized carbons (Fsp3) is 0.294. The van der Waals surface area contributed by atoms with Crippen molar-refractivity contribution in [2.24, 2.45) is 0 Å². The minimum absolute atomic E-state index is 0.00168. The largest absolute Gasteiger partial charge is 0.313 e.